The molecule has 1 atom stereocenters. The summed E-state index contributed by atoms with van der Waals surface area (Å²) in [6, 6.07) is 10.3. The van der Waals surface area contributed by atoms with Gasteiger partial charge in [-0.2, -0.15) is 0 Å². The lowest BCUT2D eigenvalue weighted by molar-refractivity contribution is -0.121. The molecule has 0 aliphatic rings. The first kappa shape index (κ1) is 30.0. The van der Waals surface area contributed by atoms with Crippen LogP contribution < -0.4 is 10.6 Å². The van der Waals surface area contributed by atoms with E-state index in [4.69, 9.17) is 0 Å². The number of allylic oxidation sites excluding steroid dienone is 2. The van der Waals surface area contributed by atoms with Crippen molar-refractivity contribution < 1.29 is 27.2 Å². The average Bonchev–Trinajstić information content (AvgIpc) is 3.30. The predicted molar refractivity (Wildman–Crippen MR) is 156 cm³/mol. The topological polar surface area (TPSA) is 86.3 Å². The lowest BCUT2D eigenvalue weighted by atomic mass is 9.95. The van der Waals surface area contributed by atoms with Gasteiger partial charge in [0, 0.05) is 41.9 Å². The van der Waals surface area contributed by atoms with Crippen LogP contribution in [-0.4, -0.2) is 29.1 Å². The van der Waals surface area contributed by atoms with E-state index in [0.29, 0.717) is 27.6 Å². The van der Waals surface area contributed by atoms with Crippen LogP contribution in [0.4, 0.5) is 23.2 Å². The van der Waals surface area contributed by atoms with Gasteiger partial charge in [-0.1, -0.05) is 18.7 Å². The fraction of sp³-hybridized carbons (Fsp3) is 0.156. The van der Waals surface area contributed by atoms with E-state index in [9.17, 15) is 27.2 Å². The molecule has 0 aliphatic carbocycles. The Hall–Kier alpha value is -4.99. The summed E-state index contributed by atoms with van der Waals surface area (Å²) >= 11 is 0. The molecular formula is C32H28F4N4O2. The molecule has 42 heavy (non-hydrogen) atoms. The molecule has 4 aromatic rings. The maximum atomic E-state index is 14.4. The molecule has 216 valence electrons. The van der Waals surface area contributed by atoms with Crippen molar-refractivity contribution in [2.75, 3.05) is 5.32 Å². The SMILES string of the molecule is C=C/C(=C(\N=CC)[C@H](Cc1cc(F)cc(F)c1)NC(=O)Cc1c[nH]c2ccc(F)cc12)c1ccc(F)c(NC(C)=O)c1. The molecule has 1 heterocycles. The lowest BCUT2D eigenvalue weighted by Gasteiger charge is -2.23. The number of carbonyl (C=O) groups excluding carboxylic acids is 2. The number of anilines is 1. The summed E-state index contributed by atoms with van der Waals surface area (Å²) in [6.07, 6.45) is 4.35. The number of H-pyrrole nitrogens is 1. The summed E-state index contributed by atoms with van der Waals surface area (Å²) < 4.78 is 56.5. The number of aromatic amines is 1. The van der Waals surface area contributed by atoms with Crippen LogP contribution in [0.2, 0.25) is 0 Å². The number of benzene rings is 3. The molecule has 0 aliphatic heterocycles. The van der Waals surface area contributed by atoms with Gasteiger partial charge in [-0.25, -0.2) is 17.6 Å². The summed E-state index contributed by atoms with van der Waals surface area (Å²) in [4.78, 5) is 32.5. The van der Waals surface area contributed by atoms with Crippen LogP contribution in [0.25, 0.3) is 16.5 Å². The molecule has 0 saturated heterocycles. The van der Waals surface area contributed by atoms with Crippen molar-refractivity contribution in [2.45, 2.75) is 32.7 Å². The molecule has 3 aromatic carbocycles. The number of hydrogen-bond acceptors (Lipinski definition) is 3. The molecule has 4 rings (SSSR count). The van der Waals surface area contributed by atoms with Crippen LogP contribution in [0.15, 0.2) is 84.1 Å². The number of rotatable bonds is 10. The normalized spacial score (nSPS) is 12.7. The van der Waals surface area contributed by atoms with E-state index in [0.717, 1.165) is 18.2 Å². The minimum Gasteiger partial charge on any atom is -0.361 e. The lowest BCUT2D eigenvalue weighted by Crippen LogP contribution is -2.39. The van der Waals surface area contributed by atoms with Crippen molar-refractivity contribution in [3.63, 3.8) is 0 Å². The minimum absolute atomic E-state index is 0.0628. The first-order chi connectivity index (χ1) is 20.1. The zero-order valence-electron chi connectivity index (χ0n) is 22.9. The zero-order chi connectivity index (χ0) is 30.4. The van der Waals surface area contributed by atoms with E-state index < -0.39 is 41.1 Å². The summed E-state index contributed by atoms with van der Waals surface area (Å²) in [5.74, 6) is -3.63. The van der Waals surface area contributed by atoms with Gasteiger partial charge in [0.1, 0.15) is 23.3 Å². The molecule has 3 N–H and O–H groups in total. The average molecular weight is 577 g/mol. The fourth-order valence-electron chi connectivity index (χ4n) is 4.73. The van der Waals surface area contributed by atoms with E-state index in [1.54, 1.807) is 19.2 Å². The van der Waals surface area contributed by atoms with Gasteiger partial charge in [0.05, 0.1) is 23.8 Å². The number of fused-ring (bicyclic) bond motifs is 1. The number of amides is 2. The molecule has 0 spiro atoms. The van der Waals surface area contributed by atoms with E-state index in [1.165, 1.54) is 49.5 Å². The third-order valence-electron chi connectivity index (χ3n) is 6.44. The van der Waals surface area contributed by atoms with E-state index in [1.807, 2.05) is 0 Å². The molecule has 0 unspecified atom stereocenters. The Bertz CT molecular complexity index is 1700. The quantitative estimate of drug-likeness (QED) is 0.112. The minimum atomic E-state index is -0.931. The van der Waals surface area contributed by atoms with Gasteiger partial charge < -0.3 is 15.6 Å². The smallest absolute Gasteiger partial charge is 0.225 e. The predicted octanol–water partition coefficient (Wildman–Crippen LogP) is 6.64. The zero-order valence-corrected chi connectivity index (χ0v) is 22.9. The van der Waals surface area contributed by atoms with Gasteiger partial charge in [-0.15, -0.1) is 0 Å². The van der Waals surface area contributed by atoms with Crippen LogP contribution in [0.3, 0.4) is 0 Å². The Morgan fingerprint density at radius 2 is 1.74 bits per heavy atom. The van der Waals surface area contributed by atoms with Gasteiger partial charge in [0.15, 0.2) is 0 Å². The number of nitrogens with zero attached hydrogens (tertiary/aromatic N) is 1. The largest absolute Gasteiger partial charge is 0.361 e. The van der Waals surface area contributed by atoms with Crippen molar-refractivity contribution in [2.24, 2.45) is 4.99 Å². The Morgan fingerprint density at radius 3 is 2.40 bits per heavy atom. The third-order valence-corrected chi connectivity index (χ3v) is 6.44. The summed E-state index contributed by atoms with van der Waals surface area (Å²) in [5, 5.41) is 5.86. The maximum Gasteiger partial charge on any atom is 0.225 e. The number of carbonyl (C=O) groups is 2. The first-order valence-corrected chi connectivity index (χ1v) is 13.0. The number of halogens is 4. The van der Waals surface area contributed by atoms with Crippen molar-refractivity contribution in [1.29, 1.82) is 0 Å². The third kappa shape index (κ3) is 7.20. The standard InChI is InChI=1S/C32H28F4N4O2/c1-4-25(20-6-8-27(36)29(13-20)39-18(3)41)32(37-5-2)30(12-19-10-23(34)15-24(35)11-19)40-31(42)14-21-17-38-28-9-7-22(33)16-26(21)28/h4-11,13,15-17,30,38H,1,12,14H2,2-3H3,(H,39,41)(H,40,42)/b32-25+,37-5?/t30-/m0/s1. The highest BCUT2D eigenvalue weighted by Gasteiger charge is 2.23. The maximum absolute atomic E-state index is 14.4. The molecule has 10 heteroatoms. The molecule has 0 radical (unpaired) electrons. The van der Waals surface area contributed by atoms with Crippen LogP contribution in [0.1, 0.15) is 30.5 Å². The molecule has 1 aromatic heterocycles. The number of aromatic nitrogens is 1. The summed E-state index contributed by atoms with van der Waals surface area (Å²) in [6.45, 7) is 6.76. The van der Waals surface area contributed by atoms with E-state index in [2.05, 4.69) is 27.2 Å². The van der Waals surface area contributed by atoms with Gasteiger partial charge in [0.25, 0.3) is 0 Å². The second-order valence-corrected chi connectivity index (χ2v) is 9.55. The van der Waals surface area contributed by atoms with Crippen molar-refractivity contribution in [1.82, 2.24) is 10.3 Å². The molecule has 2 amide bonds. The van der Waals surface area contributed by atoms with Crippen LogP contribution in [0, 0.1) is 23.3 Å². The number of aliphatic imine (C=N–C) groups is 1. The highest BCUT2D eigenvalue weighted by atomic mass is 19.1. The molecular weight excluding hydrogens is 548 g/mol. The summed E-state index contributed by atoms with van der Waals surface area (Å²) in [7, 11) is 0. The van der Waals surface area contributed by atoms with Crippen LogP contribution in [-0.2, 0) is 22.4 Å². The Morgan fingerprint density at radius 1 is 1.00 bits per heavy atom. The van der Waals surface area contributed by atoms with Gasteiger partial charge in [-0.05, 0) is 72.5 Å². The molecule has 0 bridgehead atoms. The number of hydrogen-bond donors (Lipinski definition) is 3. The molecule has 0 saturated carbocycles. The Balaban J connectivity index is 1.78. The van der Waals surface area contributed by atoms with Crippen molar-refractivity contribution in [3.05, 3.63) is 119 Å². The Labute approximate surface area is 239 Å². The number of nitrogens with one attached hydrogen (secondary N) is 3. The summed E-state index contributed by atoms with van der Waals surface area (Å²) in [5.41, 5.74) is 2.46. The highest BCUT2D eigenvalue weighted by Crippen LogP contribution is 2.29. The van der Waals surface area contributed by atoms with Gasteiger partial charge in [0.2, 0.25) is 11.8 Å². The monoisotopic (exact) mass is 576 g/mol. The second-order valence-electron chi connectivity index (χ2n) is 9.55. The van der Waals surface area contributed by atoms with Crippen molar-refractivity contribution in [3.8, 4) is 0 Å². The van der Waals surface area contributed by atoms with Crippen molar-refractivity contribution >= 4 is 40.2 Å². The van der Waals surface area contributed by atoms with E-state index in [-0.39, 0.29) is 29.8 Å². The van der Waals surface area contributed by atoms with Gasteiger partial charge in [-0.3, -0.25) is 14.6 Å². The molecule has 6 nitrogen and oxygen atoms in total. The Kier molecular flexibility index (Phi) is 9.36. The van der Waals surface area contributed by atoms with Gasteiger partial charge >= 0.3 is 0 Å². The molecule has 0 fully saturated rings. The van der Waals surface area contributed by atoms with E-state index >= 15 is 0 Å². The highest BCUT2D eigenvalue weighted by molar-refractivity contribution is 5.91. The first-order valence-electron chi connectivity index (χ1n) is 13.0. The fourth-order valence-corrected chi connectivity index (χ4v) is 4.73. The van der Waals surface area contributed by atoms with Crippen LogP contribution in [0.5, 0.6) is 0 Å². The second kappa shape index (κ2) is 13.1. The van der Waals surface area contributed by atoms with Crippen LogP contribution >= 0.6 is 0 Å².